The number of hydrogen-bond donors (Lipinski definition) is 1. The van der Waals surface area contributed by atoms with Gasteiger partial charge in [-0.25, -0.2) is 5.10 Å². The van der Waals surface area contributed by atoms with E-state index in [1.165, 1.54) is 0 Å². The van der Waals surface area contributed by atoms with E-state index in [0.29, 0.717) is 17.2 Å². The van der Waals surface area contributed by atoms with Gasteiger partial charge in [0.25, 0.3) is 0 Å². The number of aromatic nitrogens is 4. The third kappa shape index (κ3) is 4.21. The first-order valence-electron chi connectivity index (χ1n) is 8.68. The van der Waals surface area contributed by atoms with Crippen molar-refractivity contribution in [2.45, 2.75) is 6.61 Å². The van der Waals surface area contributed by atoms with Crippen LogP contribution >= 0.6 is 12.2 Å². The molecule has 2 aromatic heterocycles. The first kappa shape index (κ1) is 17.8. The quantitative estimate of drug-likeness (QED) is 0.392. The van der Waals surface area contributed by atoms with Crippen molar-refractivity contribution in [1.82, 2.24) is 19.9 Å². The molecule has 0 saturated heterocycles. The number of aromatic amines is 1. The molecule has 0 unspecified atom stereocenters. The molecule has 0 spiro atoms. The largest absolute Gasteiger partial charge is 0.489 e. The molecule has 0 radical (unpaired) electrons. The summed E-state index contributed by atoms with van der Waals surface area (Å²) in [5.74, 6) is 1.41. The lowest BCUT2D eigenvalue weighted by atomic mass is 10.2. The molecule has 0 aliphatic rings. The number of nitrogens with one attached hydrogen (secondary N) is 1. The molecule has 0 atom stereocenters. The maximum absolute atomic E-state index is 5.81. The summed E-state index contributed by atoms with van der Waals surface area (Å²) in [6, 6.07) is 21.5. The highest BCUT2D eigenvalue weighted by Crippen LogP contribution is 2.16. The second-order valence-electron chi connectivity index (χ2n) is 5.99. The third-order valence-corrected chi connectivity index (χ3v) is 4.29. The SMILES string of the molecule is S=c1[nH]nc(-c2cccnc2)n1N=Cc1ccc(OCc2ccccc2)cc1. The minimum atomic E-state index is 0.415. The highest BCUT2D eigenvalue weighted by molar-refractivity contribution is 7.71. The van der Waals surface area contributed by atoms with Crippen LogP contribution in [0.5, 0.6) is 5.75 Å². The Morgan fingerprint density at radius 3 is 2.61 bits per heavy atom. The fourth-order valence-electron chi connectivity index (χ4n) is 2.60. The van der Waals surface area contributed by atoms with Crippen molar-refractivity contribution in [3.8, 4) is 17.1 Å². The van der Waals surface area contributed by atoms with Crippen LogP contribution in [-0.4, -0.2) is 26.1 Å². The highest BCUT2D eigenvalue weighted by Gasteiger charge is 2.07. The average Bonchev–Trinajstić information content (AvgIpc) is 3.13. The van der Waals surface area contributed by atoms with Gasteiger partial charge >= 0.3 is 0 Å². The Bertz CT molecular complexity index is 1120. The number of ether oxygens (including phenoxy) is 1. The second-order valence-corrected chi connectivity index (χ2v) is 6.38. The molecule has 7 heteroatoms. The van der Waals surface area contributed by atoms with Gasteiger partial charge in [0, 0.05) is 18.0 Å². The van der Waals surface area contributed by atoms with E-state index in [9.17, 15) is 0 Å². The van der Waals surface area contributed by atoms with E-state index < -0.39 is 0 Å². The molecule has 0 saturated carbocycles. The van der Waals surface area contributed by atoms with Crippen LogP contribution in [-0.2, 0) is 6.61 Å². The van der Waals surface area contributed by atoms with Gasteiger partial charge in [-0.05, 0) is 59.7 Å². The fourth-order valence-corrected chi connectivity index (χ4v) is 2.78. The predicted molar refractivity (Wildman–Crippen MR) is 111 cm³/mol. The van der Waals surface area contributed by atoms with Crippen LogP contribution in [0.1, 0.15) is 11.1 Å². The summed E-state index contributed by atoms with van der Waals surface area (Å²) < 4.78 is 7.80. The lowest BCUT2D eigenvalue weighted by molar-refractivity contribution is 0.306. The Morgan fingerprint density at radius 2 is 1.86 bits per heavy atom. The Balaban J connectivity index is 1.47. The van der Waals surface area contributed by atoms with Gasteiger partial charge in [-0.2, -0.15) is 14.9 Å². The van der Waals surface area contributed by atoms with Gasteiger partial charge in [-0.1, -0.05) is 30.3 Å². The maximum Gasteiger partial charge on any atom is 0.216 e. The van der Waals surface area contributed by atoms with Gasteiger partial charge in [0.05, 0.1) is 6.21 Å². The first-order valence-corrected chi connectivity index (χ1v) is 9.09. The summed E-state index contributed by atoms with van der Waals surface area (Å²) in [6.45, 7) is 0.535. The molecular formula is C21H17N5OS. The summed E-state index contributed by atoms with van der Waals surface area (Å²) in [4.78, 5) is 4.11. The lowest BCUT2D eigenvalue weighted by Crippen LogP contribution is -1.96. The van der Waals surface area contributed by atoms with Gasteiger partial charge in [-0.3, -0.25) is 4.98 Å². The maximum atomic E-state index is 5.81. The van der Waals surface area contributed by atoms with E-state index >= 15 is 0 Å². The summed E-state index contributed by atoms with van der Waals surface area (Å²) in [6.07, 6.45) is 5.15. The molecule has 0 bridgehead atoms. The van der Waals surface area contributed by atoms with Crippen LogP contribution < -0.4 is 4.74 Å². The van der Waals surface area contributed by atoms with Crippen molar-refractivity contribution in [2.75, 3.05) is 0 Å². The first-order chi connectivity index (χ1) is 13.8. The molecule has 28 heavy (non-hydrogen) atoms. The Hall–Kier alpha value is -3.58. The molecule has 4 rings (SSSR count). The lowest BCUT2D eigenvalue weighted by Gasteiger charge is -2.06. The smallest absolute Gasteiger partial charge is 0.216 e. The van der Waals surface area contributed by atoms with Crippen molar-refractivity contribution in [1.29, 1.82) is 0 Å². The zero-order chi connectivity index (χ0) is 19.2. The van der Waals surface area contributed by atoms with Crippen molar-refractivity contribution in [3.05, 3.63) is 95.0 Å². The van der Waals surface area contributed by atoms with Crippen LogP contribution in [0.3, 0.4) is 0 Å². The van der Waals surface area contributed by atoms with E-state index in [1.54, 1.807) is 23.3 Å². The van der Waals surface area contributed by atoms with Gasteiger partial charge in [-0.15, -0.1) is 0 Å². The van der Waals surface area contributed by atoms with E-state index in [0.717, 1.165) is 22.4 Å². The second kappa shape index (κ2) is 8.41. The van der Waals surface area contributed by atoms with Crippen LogP contribution in [0.25, 0.3) is 11.4 Å². The van der Waals surface area contributed by atoms with Gasteiger partial charge in [0.2, 0.25) is 4.77 Å². The number of hydrogen-bond acceptors (Lipinski definition) is 5. The minimum Gasteiger partial charge on any atom is -0.489 e. The zero-order valence-electron chi connectivity index (χ0n) is 14.9. The van der Waals surface area contributed by atoms with Gasteiger partial charge in [0.1, 0.15) is 12.4 Å². The average molecular weight is 387 g/mol. The molecule has 1 N–H and O–H groups in total. The Morgan fingerprint density at radius 1 is 1.04 bits per heavy atom. The molecule has 2 aromatic carbocycles. The third-order valence-electron chi connectivity index (χ3n) is 4.02. The predicted octanol–water partition coefficient (Wildman–Crippen LogP) is 4.46. The number of benzene rings is 2. The van der Waals surface area contributed by atoms with Gasteiger partial charge < -0.3 is 4.74 Å². The molecule has 138 valence electrons. The summed E-state index contributed by atoms with van der Waals surface area (Å²) in [5, 5.41) is 11.5. The summed E-state index contributed by atoms with van der Waals surface area (Å²) in [7, 11) is 0. The Labute approximate surface area is 167 Å². The molecule has 0 fully saturated rings. The monoisotopic (exact) mass is 387 g/mol. The number of rotatable bonds is 6. The van der Waals surface area contributed by atoms with Crippen LogP contribution in [0, 0.1) is 4.77 Å². The standard InChI is InChI=1S/C21H17N5OS/c28-21-25-24-20(18-7-4-12-22-14-18)26(21)23-13-16-8-10-19(11-9-16)27-15-17-5-2-1-3-6-17/h1-14H,15H2,(H,25,28). The van der Waals surface area contributed by atoms with Crippen LogP contribution in [0.15, 0.2) is 84.2 Å². The zero-order valence-corrected chi connectivity index (χ0v) is 15.7. The minimum absolute atomic E-state index is 0.415. The molecule has 4 aromatic rings. The van der Waals surface area contributed by atoms with E-state index in [-0.39, 0.29) is 0 Å². The normalized spacial score (nSPS) is 11.0. The van der Waals surface area contributed by atoms with Crippen LogP contribution in [0.4, 0.5) is 0 Å². The topological polar surface area (TPSA) is 68.1 Å². The molecule has 0 amide bonds. The van der Waals surface area contributed by atoms with Crippen LogP contribution in [0.2, 0.25) is 0 Å². The Kier molecular flexibility index (Phi) is 5.35. The molecule has 0 aliphatic carbocycles. The molecular weight excluding hydrogens is 370 g/mol. The fraction of sp³-hybridized carbons (Fsp3) is 0.0476. The summed E-state index contributed by atoms with van der Waals surface area (Å²) >= 11 is 5.28. The summed E-state index contributed by atoms with van der Waals surface area (Å²) in [5.41, 5.74) is 2.88. The molecule has 0 aliphatic heterocycles. The van der Waals surface area contributed by atoms with Crippen molar-refractivity contribution >= 4 is 18.4 Å². The number of nitrogens with zero attached hydrogens (tertiary/aromatic N) is 4. The van der Waals surface area contributed by atoms with E-state index in [2.05, 4.69) is 20.3 Å². The number of H-pyrrole nitrogens is 1. The van der Waals surface area contributed by atoms with E-state index in [4.69, 9.17) is 17.0 Å². The van der Waals surface area contributed by atoms with Gasteiger partial charge in [0.15, 0.2) is 5.82 Å². The molecule has 2 heterocycles. The molecule has 6 nitrogen and oxygen atoms in total. The van der Waals surface area contributed by atoms with E-state index in [1.807, 2.05) is 66.7 Å². The van der Waals surface area contributed by atoms with Crippen molar-refractivity contribution in [3.63, 3.8) is 0 Å². The van der Waals surface area contributed by atoms with Crippen molar-refractivity contribution in [2.24, 2.45) is 5.10 Å². The highest BCUT2D eigenvalue weighted by atomic mass is 32.1. The number of pyridine rings is 1. The van der Waals surface area contributed by atoms with Crippen molar-refractivity contribution < 1.29 is 4.74 Å².